The number of aromatic amines is 1. The molecule has 24 heavy (non-hydrogen) atoms. The van der Waals surface area contributed by atoms with Crippen LogP contribution in [0.2, 0.25) is 0 Å². The number of carbonyl (C=O) groups is 1. The zero-order chi connectivity index (χ0) is 16.9. The van der Waals surface area contributed by atoms with Crippen molar-refractivity contribution in [2.24, 2.45) is 0 Å². The Labute approximate surface area is 137 Å². The first-order chi connectivity index (χ1) is 11.6. The van der Waals surface area contributed by atoms with E-state index in [1.807, 2.05) is 6.07 Å². The van der Waals surface area contributed by atoms with Crippen molar-refractivity contribution >= 4 is 11.6 Å². The van der Waals surface area contributed by atoms with Gasteiger partial charge in [0.1, 0.15) is 12.1 Å². The SMILES string of the molecule is O=C(CC(O)c1cccc(F)c1)Nc1cccc(-c2ncn[nH]2)c1. The highest BCUT2D eigenvalue weighted by Gasteiger charge is 2.14. The lowest BCUT2D eigenvalue weighted by molar-refractivity contribution is -0.118. The second kappa shape index (κ2) is 7.01. The summed E-state index contributed by atoms with van der Waals surface area (Å²) in [7, 11) is 0. The van der Waals surface area contributed by atoms with Crippen LogP contribution in [0.3, 0.4) is 0 Å². The number of aromatic nitrogens is 3. The summed E-state index contributed by atoms with van der Waals surface area (Å²) in [6, 6.07) is 12.6. The lowest BCUT2D eigenvalue weighted by atomic mass is 10.1. The van der Waals surface area contributed by atoms with Crippen molar-refractivity contribution in [3.8, 4) is 11.4 Å². The smallest absolute Gasteiger partial charge is 0.227 e. The van der Waals surface area contributed by atoms with Gasteiger partial charge in [-0.05, 0) is 29.8 Å². The maximum atomic E-state index is 13.2. The van der Waals surface area contributed by atoms with Crippen molar-refractivity contribution in [2.45, 2.75) is 12.5 Å². The van der Waals surface area contributed by atoms with E-state index in [1.165, 1.54) is 24.5 Å². The van der Waals surface area contributed by atoms with Crippen molar-refractivity contribution < 1.29 is 14.3 Å². The molecule has 0 radical (unpaired) electrons. The van der Waals surface area contributed by atoms with E-state index in [2.05, 4.69) is 20.5 Å². The molecule has 0 fully saturated rings. The molecule has 1 aromatic heterocycles. The van der Waals surface area contributed by atoms with E-state index in [4.69, 9.17) is 0 Å². The number of benzene rings is 2. The van der Waals surface area contributed by atoms with Crippen LogP contribution >= 0.6 is 0 Å². The summed E-state index contributed by atoms with van der Waals surface area (Å²) < 4.78 is 13.2. The first kappa shape index (κ1) is 15.8. The van der Waals surface area contributed by atoms with Crippen LogP contribution < -0.4 is 5.32 Å². The number of carbonyl (C=O) groups excluding carboxylic acids is 1. The normalized spacial score (nSPS) is 11.9. The Morgan fingerprint density at radius 1 is 1.25 bits per heavy atom. The van der Waals surface area contributed by atoms with Crippen molar-refractivity contribution in [1.29, 1.82) is 0 Å². The Morgan fingerprint density at radius 2 is 2.08 bits per heavy atom. The summed E-state index contributed by atoms with van der Waals surface area (Å²) in [5.41, 5.74) is 1.71. The van der Waals surface area contributed by atoms with Crippen LogP contribution in [0.1, 0.15) is 18.1 Å². The fraction of sp³-hybridized carbons (Fsp3) is 0.118. The lowest BCUT2D eigenvalue weighted by Crippen LogP contribution is -2.15. The van der Waals surface area contributed by atoms with Crippen molar-refractivity contribution in [1.82, 2.24) is 15.2 Å². The molecule has 0 aliphatic rings. The highest BCUT2D eigenvalue weighted by Crippen LogP contribution is 2.21. The van der Waals surface area contributed by atoms with E-state index in [0.29, 0.717) is 17.1 Å². The molecule has 3 aromatic rings. The van der Waals surface area contributed by atoms with Crippen molar-refractivity contribution in [2.75, 3.05) is 5.32 Å². The highest BCUT2D eigenvalue weighted by atomic mass is 19.1. The Balaban J connectivity index is 1.66. The van der Waals surface area contributed by atoms with Crippen LogP contribution in [0.25, 0.3) is 11.4 Å². The summed E-state index contributed by atoms with van der Waals surface area (Å²) in [6.07, 6.45) is 0.157. The molecule has 3 rings (SSSR count). The van der Waals surface area contributed by atoms with Crippen LogP contribution in [0.5, 0.6) is 0 Å². The second-order valence-electron chi connectivity index (χ2n) is 5.24. The Hall–Kier alpha value is -3.06. The van der Waals surface area contributed by atoms with E-state index in [-0.39, 0.29) is 12.3 Å². The van der Waals surface area contributed by atoms with Crippen LogP contribution in [0.15, 0.2) is 54.9 Å². The summed E-state index contributed by atoms with van der Waals surface area (Å²) in [5, 5.41) is 19.3. The lowest BCUT2D eigenvalue weighted by Gasteiger charge is -2.12. The standard InChI is InChI=1S/C17H15FN4O2/c18-13-5-1-3-11(7-13)15(23)9-16(24)21-14-6-2-4-12(8-14)17-19-10-20-22-17/h1-8,10,15,23H,9H2,(H,21,24)(H,19,20,22). The predicted octanol–water partition coefficient (Wildman–Crippen LogP) is 2.67. The molecule has 0 spiro atoms. The van der Waals surface area contributed by atoms with Crippen LogP contribution in [-0.2, 0) is 4.79 Å². The molecule has 0 bridgehead atoms. The number of nitrogens with one attached hydrogen (secondary N) is 2. The quantitative estimate of drug-likeness (QED) is 0.672. The van der Waals surface area contributed by atoms with Gasteiger partial charge in [0.15, 0.2) is 5.82 Å². The van der Waals surface area contributed by atoms with Gasteiger partial charge in [0.05, 0.1) is 12.5 Å². The number of amides is 1. The molecule has 0 saturated carbocycles. The van der Waals surface area contributed by atoms with Gasteiger partial charge < -0.3 is 10.4 Å². The zero-order valence-electron chi connectivity index (χ0n) is 12.6. The molecule has 1 heterocycles. The maximum absolute atomic E-state index is 13.2. The van der Waals surface area contributed by atoms with Crippen LogP contribution in [-0.4, -0.2) is 26.2 Å². The van der Waals surface area contributed by atoms with Gasteiger partial charge in [-0.25, -0.2) is 9.37 Å². The monoisotopic (exact) mass is 326 g/mol. The van der Waals surface area contributed by atoms with E-state index < -0.39 is 11.9 Å². The highest BCUT2D eigenvalue weighted by molar-refractivity contribution is 5.91. The summed E-state index contributed by atoms with van der Waals surface area (Å²) in [5.74, 6) is -0.237. The topological polar surface area (TPSA) is 90.9 Å². The summed E-state index contributed by atoms with van der Waals surface area (Å²) in [6.45, 7) is 0. The molecular formula is C17H15FN4O2. The number of hydrogen-bond acceptors (Lipinski definition) is 4. The minimum absolute atomic E-state index is 0.171. The largest absolute Gasteiger partial charge is 0.388 e. The van der Waals surface area contributed by atoms with Gasteiger partial charge in [-0.2, -0.15) is 5.10 Å². The molecule has 1 atom stereocenters. The number of aliphatic hydroxyl groups excluding tert-OH is 1. The molecule has 7 heteroatoms. The molecule has 122 valence electrons. The van der Waals surface area contributed by atoms with Crippen molar-refractivity contribution in [3.05, 3.63) is 66.2 Å². The Kier molecular flexibility index (Phi) is 4.62. The third-order valence-corrected chi connectivity index (χ3v) is 3.45. The summed E-state index contributed by atoms with van der Waals surface area (Å²) >= 11 is 0. The van der Waals surface area contributed by atoms with Crippen molar-refractivity contribution in [3.63, 3.8) is 0 Å². The van der Waals surface area contributed by atoms with Gasteiger partial charge in [0, 0.05) is 11.3 Å². The fourth-order valence-corrected chi connectivity index (χ4v) is 2.31. The average molecular weight is 326 g/mol. The third-order valence-electron chi connectivity index (χ3n) is 3.45. The first-order valence-corrected chi connectivity index (χ1v) is 7.31. The molecule has 3 N–H and O–H groups in total. The first-order valence-electron chi connectivity index (χ1n) is 7.31. The Morgan fingerprint density at radius 3 is 2.83 bits per heavy atom. The van der Waals surface area contributed by atoms with E-state index in [9.17, 15) is 14.3 Å². The molecule has 2 aromatic carbocycles. The number of rotatable bonds is 5. The molecular weight excluding hydrogens is 311 g/mol. The number of aliphatic hydroxyl groups is 1. The average Bonchev–Trinajstić information content (AvgIpc) is 3.09. The Bertz CT molecular complexity index is 836. The van der Waals surface area contributed by atoms with Gasteiger partial charge >= 0.3 is 0 Å². The van der Waals surface area contributed by atoms with Gasteiger partial charge in [-0.15, -0.1) is 0 Å². The minimum atomic E-state index is -1.07. The van der Waals surface area contributed by atoms with Gasteiger partial charge in [0.2, 0.25) is 5.91 Å². The van der Waals surface area contributed by atoms with Crippen LogP contribution in [0, 0.1) is 5.82 Å². The number of H-pyrrole nitrogens is 1. The third kappa shape index (κ3) is 3.82. The number of anilines is 1. The fourth-order valence-electron chi connectivity index (χ4n) is 2.31. The van der Waals surface area contributed by atoms with Gasteiger partial charge in [0.25, 0.3) is 0 Å². The zero-order valence-corrected chi connectivity index (χ0v) is 12.6. The molecule has 0 aliphatic carbocycles. The van der Waals surface area contributed by atoms with Gasteiger partial charge in [-0.1, -0.05) is 24.3 Å². The number of hydrogen-bond donors (Lipinski definition) is 3. The second-order valence-corrected chi connectivity index (χ2v) is 5.24. The molecule has 6 nitrogen and oxygen atoms in total. The minimum Gasteiger partial charge on any atom is -0.388 e. The molecule has 0 saturated heterocycles. The van der Waals surface area contributed by atoms with E-state index in [0.717, 1.165) is 5.56 Å². The van der Waals surface area contributed by atoms with Crippen LogP contribution in [0.4, 0.5) is 10.1 Å². The van der Waals surface area contributed by atoms with Gasteiger partial charge in [-0.3, -0.25) is 9.89 Å². The molecule has 1 unspecified atom stereocenters. The predicted molar refractivity (Wildman–Crippen MR) is 86.4 cm³/mol. The number of nitrogens with zero attached hydrogens (tertiary/aromatic N) is 2. The maximum Gasteiger partial charge on any atom is 0.227 e. The molecule has 0 aliphatic heterocycles. The van der Waals surface area contributed by atoms with E-state index in [1.54, 1.807) is 24.3 Å². The number of halogens is 1. The summed E-state index contributed by atoms with van der Waals surface area (Å²) in [4.78, 5) is 16.1. The van der Waals surface area contributed by atoms with E-state index >= 15 is 0 Å². The molecule has 1 amide bonds.